The summed E-state index contributed by atoms with van der Waals surface area (Å²) in [5.74, 6) is -1.67. The van der Waals surface area contributed by atoms with Crippen molar-refractivity contribution in [2.75, 3.05) is 16.4 Å². The summed E-state index contributed by atoms with van der Waals surface area (Å²) >= 11 is 0. The summed E-state index contributed by atoms with van der Waals surface area (Å²) in [5, 5.41) is 8.32. The van der Waals surface area contributed by atoms with E-state index in [0.717, 1.165) is 0 Å². The Morgan fingerprint density at radius 1 is 0.938 bits per heavy atom. The smallest absolute Gasteiger partial charge is 0.367 e. The molecule has 0 saturated heterocycles. The molecular weight excluding hydrogens is 435 g/mol. The number of carbonyl (C=O) groups excluding carboxylic acids is 1. The number of urea groups is 1. The second kappa shape index (κ2) is 7.84. The molecule has 0 bridgehead atoms. The van der Waals surface area contributed by atoms with Gasteiger partial charge in [0.25, 0.3) is 0 Å². The Labute approximate surface area is 176 Å². The summed E-state index contributed by atoms with van der Waals surface area (Å²) in [7, 11) is 0. The maximum absolute atomic E-state index is 13.9. The first kappa shape index (κ1) is 21.1. The number of rotatable bonds is 3. The Kier molecular flexibility index (Phi) is 5.17. The highest BCUT2D eigenvalue weighted by Gasteiger charge is 2.31. The number of nitrogens with zero attached hydrogens (tertiary/aromatic N) is 1. The van der Waals surface area contributed by atoms with Gasteiger partial charge < -0.3 is 20.9 Å². The van der Waals surface area contributed by atoms with Crippen LogP contribution in [0.15, 0.2) is 59.1 Å². The lowest BCUT2D eigenvalue weighted by molar-refractivity contribution is -0.137. The lowest BCUT2D eigenvalue weighted by Gasteiger charge is -2.12. The van der Waals surface area contributed by atoms with E-state index in [1.54, 1.807) is 12.1 Å². The highest BCUT2D eigenvalue weighted by molar-refractivity contribution is 6.02. The van der Waals surface area contributed by atoms with Crippen LogP contribution in [0.5, 0.6) is 0 Å². The van der Waals surface area contributed by atoms with Gasteiger partial charge in [0, 0.05) is 5.69 Å². The highest BCUT2D eigenvalue weighted by Crippen LogP contribution is 2.35. The van der Waals surface area contributed by atoms with Crippen molar-refractivity contribution in [1.82, 2.24) is 5.16 Å². The summed E-state index contributed by atoms with van der Waals surface area (Å²) in [6, 6.07) is 9.65. The molecule has 0 unspecified atom stereocenters. The van der Waals surface area contributed by atoms with Gasteiger partial charge in [-0.3, -0.25) is 0 Å². The van der Waals surface area contributed by atoms with Crippen LogP contribution in [0.3, 0.4) is 0 Å². The van der Waals surface area contributed by atoms with Crippen LogP contribution in [0.4, 0.5) is 44.0 Å². The molecule has 6 nitrogen and oxygen atoms in total. The van der Waals surface area contributed by atoms with E-state index in [-0.39, 0.29) is 17.1 Å². The molecular formula is C21H13F5N4O2. The molecule has 0 aliphatic carbocycles. The number of nitrogen functional groups attached to an aromatic ring is 1. The van der Waals surface area contributed by atoms with Crippen LogP contribution in [-0.2, 0) is 6.18 Å². The van der Waals surface area contributed by atoms with Gasteiger partial charge in [-0.2, -0.15) is 13.2 Å². The third-order valence-electron chi connectivity index (χ3n) is 4.61. The van der Waals surface area contributed by atoms with E-state index in [1.807, 2.05) is 5.32 Å². The Hall–Kier alpha value is -4.15. The van der Waals surface area contributed by atoms with Crippen LogP contribution in [0, 0.1) is 11.6 Å². The number of anilines is 3. The van der Waals surface area contributed by atoms with Crippen molar-refractivity contribution in [1.29, 1.82) is 0 Å². The Morgan fingerprint density at radius 3 is 2.31 bits per heavy atom. The van der Waals surface area contributed by atoms with Crippen LogP contribution in [0.1, 0.15) is 5.56 Å². The molecule has 0 radical (unpaired) electrons. The summed E-state index contributed by atoms with van der Waals surface area (Å²) in [6.45, 7) is 0. The molecule has 0 aliphatic rings. The molecule has 0 atom stereocenters. The fraction of sp³-hybridized carbons (Fsp3) is 0.0476. The fourth-order valence-electron chi connectivity index (χ4n) is 3.10. The molecule has 164 valence electrons. The first-order valence-corrected chi connectivity index (χ1v) is 9.02. The third-order valence-corrected chi connectivity index (χ3v) is 4.61. The molecule has 4 N–H and O–H groups in total. The number of benzene rings is 3. The van der Waals surface area contributed by atoms with Crippen molar-refractivity contribution in [2.24, 2.45) is 0 Å². The van der Waals surface area contributed by atoms with E-state index < -0.39 is 35.1 Å². The van der Waals surface area contributed by atoms with Crippen LogP contribution in [-0.4, -0.2) is 11.2 Å². The van der Waals surface area contributed by atoms with Crippen molar-refractivity contribution in [3.05, 3.63) is 71.8 Å². The van der Waals surface area contributed by atoms with Crippen molar-refractivity contribution >= 4 is 34.2 Å². The van der Waals surface area contributed by atoms with Gasteiger partial charge in [0.1, 0.15) is 5.82 Å². The zero-order chi connectivity index (χ0) is 23.0. The van der Waals surface area contributed by atoms with Gasteiger partial charge in [-0.05, 0) is 47.5 Å². The number of hydrogen-bond donors (Lipinski definition) is 3. The zero-order valence-corrected chi connectivity index (χ0v) is 15.9. The van der Waals surface area contributed by atoms with Crippen molar-refractivity contribution in [3.8, 4) is 11.1 Å². The second-order valence-electron chi connectivity index (χ2n) is 6.71. The average molecular weight is 448 g/mol. The number of nitrogens with two attached hydrogens (primary N) is 1. The topological polar surface area (TPSA) is 93.2 Å². The molecule has 2 amide bonds. The van der Waals surface area contributed by atoms with Gasteiger partial charge in [-0.15, -0.1) is 0 Å². The van der Waals surface area contributed by atoms with Gasteiger partial charge >= 0.3 is 12.2 Å². The summed E-state index contributed by atoms with van der Waals surface area (Å²) in [5.41, 5.74) is 5.42. The minimum absolute atomic E-state index is 0.0234. The predicted octanol–water partition coefficient (Wildman–Crippen LogP) is 6.02. The Bertz CT molecular complexity index is 1320. The molecule has 0 aliphatic heterocycles. The van der Waals surface area contributed by atoms with E-state index in [1.165, 1.54) is 24.3 Å². The molecule has 0 spiro atoms. The quantitative estimate of drug-likeness (QED) is 0.334. The summed E-state index contributed by atoms with van der Waals surface area (Å²) < 4.78 is 70.9. The normalized spacial score (nSPS) is 11.5. The number of halogens is 5. The Morgan fingerprint density at radius 2 is 1.62 bits per heavy atom. The van der Waals surface area contributed by atoms with Crippen LogP contribution in [0.25, 0.3) is 22.0 Å². The summed E-state index contributed by atoms with van der Waals surface area (Å²) in [4.78, 5) is 12.1. The lowest BCUT2D eigenvalue weighted by Crippen LogP contribution is -2.20. The van der Waals surface area contributed by atoms with Gasteiger partial charge in [0.2, 0.25) is 5.88 Å². The predicted molar refractivity (Wildman–Crippen MR) is 108 cm³/mol. The van der Waals surface area contributed by atoms with E-state index >= 15 is 0 Å². The molecule has 1 aromatic heterocycles. The molecule has 0 saturated carbocycles. The molecule has 0 fully saturated rings. The van der Waals surface area contributed by atoms with E-state index in [4.69, 9.17) is 10.3 Å². The third kappa shape index (κ3) is 4.04. The zero-order valence-electron chi connectivity index (χ0n) is 15.9. The number of hydrogen-bond acceptors (Lipinski definition) is 4. The standard InChI is InChI=1S/C21H13F5N4O2/c22-14-7-3-11(21(24,25)26)9-16(14)29-20(31)28-12-4-1-10(2-5-12)13-6-8-15(23)18-17(13)19(27)32-30-18/h1-9H,27H2,(H2,28,29,31). The number of alkyl halides is 3. The lowest BCUT2D eigenvalue weighted by atomic mass is 10.0. The minimum atomic E-state index is -4.68. The molecule has 1 heterocycles. The van der Waals surface area contributed by atoms with E-state index in [2.05, 4.69) is 10.5 Å². The first-order valence-electron chi connectivity index (χ1n) is 9.02. The largest absolute Gasteiger partial charge is 0.416 e. The fourth-order valence-corrected chi connectivity index (χ4v) is 3.10. The van der Waals surface area contributed by atoms with Crippen molar-refractivity contribution in [2.45, 2.75) is 6.18 Å². The van der Waals surface area contributed by atoms with Gasteiger partial charge in [0.05, 0.1) is 16.6 Å². The number of fused-ring (bicyclic) bond motifs is 1. The number of carbonyl (C=O) groups is 1. The van der Waals surface area contributed by atoms with Crippen LogP contribution in [0.2, 0.25) is 0 Å². The van der Waals surface area contributed by atoms with Crippen molar-refractivity contribution in [3.63, 3.8) is 0 Å². The molecule has 3 aromatic carbocycles. The van der Waals surface area contributed by atoms with Gasteiger partial charge in [-0.25, -0.2) is 13.6 Å². The van der Waals surface area contributed by atoms with Crippen LogP contribution >= 0.6 is 0 Å². The maximum Gasteiger partial charge on any atom is 0.416 e. The van der Waals surface area contributed by atoms with E-state index in [9.17, 15) is 26.7 Å². The minimum Gasteiger partial charge on any atom is -0.367 e. The number of nitrogens with one attached hydrogen (secondary N) is 2. The Balaban J connectivity index is 1.52. The van der Waals surface area contributed by atoms with Crippen LogP contribution < -0.4 is 16.4 Å². The summed E-state index contributed by atoms with van der Waals surface area (Å²) in [6.07, 6.45) is -4.68. The first-order chi connectivity index (χ1) is 15.1. The molecule has 4 rings (SSSR count). The highest BCUT2D eigenvalue weighted by atomic mass is 19.4. The molecule has 32 heavy (non-hydrogen) atoms. The number of aromatic nitrogens is 1. The number of amides is 2. The van der Waals surface area contributed by atoms with Gasteiger partial charge in [0.15, 0.2) is 11.3 Å². The second-order valence-corrected chi connectivity index (χ2v) is 6.71. The molecule has 4 aromatic rings. The maximum atomic E-state index is 13.9. The van der Waals surface area contributed by atoms with Crippen molar-refractivity contribution < 1.29 is 31.3 Å². The monoisotopic (exact) mass is 448 g/mol. The average Bonchev–Trinajstić information content (AvgIpc) is 3.12. The van der Waals surface area contributed by atoms with Gasteiger partial charge in [-0.1, -0.05) is 23.4 Å². The van der Waals surface area contributed by atoms with E-state index in [0.29, 0.717) is 34.7 Å². The SMILES string of the molecule is Nc1onc2c(F)ccc(-c3ccc(NC(=O)Nc4cc(C(F)(F)F)ccc4F)cc3)c12. The molecule has 11 heteroatoms.